The van der Waals surface area contributed by atoms with E-state index in [9.17, 15) is 0 Å². The fraction of sp³-hybridized carbons (Fsp3) is 1.00. The molecular formula is C9H20BrN. The molecule has 1 fully saturated rings. The van der Waals surface area contributed by atoms with Crippen LogP contribution in [0.15, 0.2) is 0 Å². The van der Waals surface area contributed by atoms with Gasteiger partial charge in [0.05, 0.1) is 0 Å². The van der Waals surface area contributed by atoms with Crippen molar-refractivity contribution >= 4 is 15.9 Å². The molecule has 0 aromatic rings. The Labute approximate surface area is 79.3 Å². The lowest BCUT2D eigenvalue weighted by Crippen LogP contribution is -2.24. The Morgan fingerprint density at radius 2 is 1.64 bits per heavy atom. The van der Waals surface area contributed by atoms with E-state index in [0.717, 1.165) is 5.33 Å². The van der Waals surface area contributed by atoms with Crippen LogP contribution in [-0.2, 0) is 0 Å². The first-order valence-corrected chi connectivity index (χ1v) is 5.68. The monoisotopic (exact) mass is 221 g/mol. The second kappa shape index (κ2) is 8.54. The van der Waals surface area contributed by atoms with Gasteiger partial charge in [-0.05, 0) is 39.4 Å². The zero-order chi connectivity index (χ0) is 8.53. The highest BCUT2D eigenvalue weighted by atomic mass is 79.9. The number of rotatable bonds is 1. The summed E-state index contributed by atoms with van der Waals surface area (Å²) in [6, 6.07) is 0. The summed E-state index contributed by atoms with van der Waals surface area (Å²) in [7, 11) is 2.19. The fourth-order valence-electron chi connectivity index (χ4n) is 1.05. The van der Waals surface area contributed by atoms with Gasteiger partial charge in [-0.15, -0.1) is 0 Å². The second-order valence-corrected chi connectivity index (χ2v) is 3.85. The van der Waals surface area contributed by atoms with Crippen molar-refractivity contribution in [2.45, 2.75) is 32.6 Å². The van der Waals surface area contributed by atoms with Gasteiger partial charge in [-0.2, -0.15) is 0 Å². The summed E-state index contributed by atoms with van der Waals surface area (Å²) < 4.78 is 0. The Bertz CT molecular complexity index is 68.0. The van der Waals surface area contributed by atoms with Crippen molar-refractivity contribution in [2.24, 2.45) is 0 Å². The van der Waals surface area contributed by atoms with E-state index in [2.05, 4.69) is 34.8 Å². The number of hydrogen-bond donors (Lipinski definition) is 0. The Balaban J connectivity index is 0.000000218. The molecule has 0 amide bonds. The molecule has 1 rings (SSSR count). The summed E-state index contributed by atoms with van der Waals surface area (Å²) in [5.41, 5.74) is 0. The first-order chi connectivity index (χ1) is 5.31. The van der Waals surface area contributed by atoms with Crippen LogP contribution in [-0.4, -0.2) is 30.4 Å². The van der Waals surface area contributed by atoms with Crippen LogP contribution in [0, 0.1) is 0 Å². The average molecular weight is 222 g/mol. The predicted octanol–water partition coefficient (Wildman–Crippen LogP) is 2.89. The van der Waals surface area contributed by atoms with Crippen LogP contribution in [0.1, 0.15) is 32.6 Å². The zero-order valence-electron chi connectivity index (χ0n) is 7.77. The van der Waals surface area contributed by atoms with Crippen molar-refractivity contribution in [1.29, 1.82) is 0 Å². The Hall–Kier alpha value is 0.440. The van der Waals surface area contributed by atoms with Gasteiger partial charge in [0.15, 0.2) is 0 Å². The molecule has 1 nitrogen and oxygen atoms in total. The first kappa shape index (κ1) is 11.4. The molecule has 0 radical (unpaired) electrons. The van der Waals surface area contributed by atoms with Crippen LogP contribution in [0.3, 0.4) is 0 Å². The van der Waals surface area contributed by atoms with Gasteiger partial charge in [-0.1, -0.05) is 29.3 Å². The van der Waals surface area contributed by atoms with Crippen molar-refractivity contribution < 1.29 is 0 Å². The van der Waals surface area contributed by atoms with Crippen molar-refractivity contribution in [2.75, 3.05) is 25.5 Å². The zero-order valence-corrected chi connectivity index (χ0v) is 9.36. The van der Waals surface area contributed by atoms with Crippen LogP contribution in [0.25, 0.3) is 0 Å². The molecule has 0 aromatic heterocycles. The van der Waals surface area contributed by atoms with E-state index in [-0.39, 0.29) is 0 Å². The Morgan fingerprint density at radius 3 is 1.82 bits per heavy atom. The highest BCUT2D eigenvalue weighted by molar-refractivity contribution is 9.09. The van der Waals surface area contributed by atoms with Gasteiger partial charge < -0.3 is 4.90 Å². The molecule has 0 unspecified atom stereocenters. The van der Waals surface area contributed by atoms with Crippen molar-refractivity contribution in [3.63, 3.8) is 0 Å². The van der Waals surface area contributed by atoms with Crippen LogP contribution in [0.4, 0.5) is 0 Å². The summed E-state index contributed by atoms with van der Waals surface area (Å²) in [4.78, 5) is 2.39. The van der Waals surface area contributed by atoms with E-state index in [1.807, 2.05) is 0 Å². The molecule has 0 saturated carbocycles. The van der Waals surface area contributed by atoms with Gasteiger partial charge in [0.2, 0.25) is 0 Å². The average Bonchev–Trinajstić information content (AvgIpc) is 2.07. The molecule has 11 heavy (non-hydrogen) atoms. The van der Waals surface area contributed by atoms with E-state index in [1.165, 1.54) is 38.8 Å². The number of hydrogen-bond acceptors (Lipinski definition) is 1. The van der Waals surface area contributed by atoms with Crippen LogP contribution in [0.5, 0.6) is 0 Å². The van der Waals surface area contributed by atoms with Gasteiger partial charge in [0, 0.05) is 5.33 Å². The van der Waals surface area contributed by atoms with E-state index < -0.39 is 0 Å². The summed E-state index contributed by atoms with van der Waals surface area (Å²) in [6.45, 7) is 4.77. The lowest BCUT2D eigenvalue weighted by molar-refractivity contribution is 0.277. The quantitative estimate of drug-likeness (QED) is 0.616. The smallest absolute Gasteiger partial charge is 0.00286 e. The van der Waals surface area contributed by atoms with E-state index in [1.54, 1.807) is 0 Å². The van der Waals surface area contributed by atoms with Gasteiger partial charge in [0.1, 0.15) is 0 Å². The van der Waals surface area contributed by atoms with Crippen LogP contribution in [0.2, 0.25) is 0 Å². The molecule has 68 valence electrons. The molecule has 0 atom stereocenters. The maximum Gasteiger partial charge on any atom is 0.00286 e. The SMILES string of the molecule is CCCBr.CN1CCCCC1. The lowest BCUT2D eigenvalue weighted by atomic mass is 10.1. The third-order valence-electron chi connectivity index (χ3n) is 1.77. The molecule has 2 heteroatoms. The number of piperidine rings is 1. The Kier molecular flexibility index (Phi) is 8.88. The first-order valence-electron chi connectivity index (χ1n) is 4.55. The van der Waals surface area contributed by atoms with Gasteiger partial charge in [-0.3, -0.25) is 0 Å². The van der Waals surface area contributed by atoms with Crippen LogP contribution >= 0.6 is 15.9 Å². The minimum absolute atomic E-state index is 1.13. The molecule has 1 heterocycles. The summed E-state index contributed by atoms with van der Waals surface area (Å²) in [5, 5.41) is 1.13. The number of likely N-dealkylation sites (tertiary alicyclic amines) is 1. The molecule has 0 aromatic carbocycles. The maximum atomic E-state index is 3.25. The molecule has 0 spiro atoms. The molecule has 1 aliphatic heterocycles. The number of nitrogens with zero attached hydrogens (tertiary/aromatic N) is 1. The van der Waals surface area contributed by atoms with E-state index in [0.29, 0.717) is 0 Å². The fourth-order valence-corrected chi connectivity index (χ4v) is 1.05. The molecule has 1 saturated heterocycles. The minimum atomic E-state index is 1.13. The summed E-state index contributed by atoms with van der Waals surface area (Å²) in [6.07, 6.45) is 5.51. The molecule has 0 bridgehead atoms. The number of alkyl halides is 1. The normalized spacial score (nSPS) is 18.8. The molecular weight excluding hydrogens is 202 g/mol. The minimum Gasteiger partial charge on any atom is -0.306 e. The summed E-state index contributed by atoms with van der Waals surface area (Å²) >= 11 is 3.25. The molecule has 0 aliphatic carbocycles. The molecule has 0 N–H and O–H groups in total. The topological polar surface area (TPSA) is 3.24 Å². The standard InChI is InChI=1S/C6H13N.C3H7Br/c1-7-5-3-2-4-6-7;1-2-3-4/h2-6H2,1H3;2-3H2,1H3. The van der Waals surface area contributed by atoms with Crippen molar-refractivity contribution in [3.05, 3.63) is 0 Å². The highest BCUT2D eigenvalue weighted by Crippen LogP contribution is 2.04. The third kappa shape index (κ3) is 8.35. The van der Waals surface area contributed by atoms with E-state index in [4.69, 9.17) is 0 Å². The van der Waals surface area contributed by atoms with Gasteiger partial charge in [0.25, 0.3) is 0 Å². The largest absolute Gasteiger partial charge is 0.306 e. The third-order valence-corrected chi connectivity index (χ3v) is 2.56. The highest BCUT2D eigenvalue weighted by Gasteiger charge is 2.02. The molecule has 1 aliphatic rings. The van der Waals surface area contributed by atoms with Crippen LogP contribution < -0.4 is 0 Å². The predicted molar refractivity (Wildman–Crippen MR) is 55.4 cm³/mol. The van der Waals surface area contributed by atoms with Gasteiger partial charge in [-0.25, -0.2) is 0 Å². The number of halogens is 1. The van der Waals surface area contributed by atoms with Crippen molar-refractivity contribution in [1.82, 2.24) is 4.90 Å². The lowest BCUT2D eigenvalue weighted by Gasteiger charge is -2.20. The second-order valence-electron chi connectivity index (χ2n) is 3.05. The maximum absolute atomic E-state index is 3.25. The van der Waals surface area contributed by atoms with E-state index >= 15 is 0 Å². The summed E-state index contributed by atoms with van der Waals surface area (Å²) in [5.74, 6) is 0. The van der Waals surface area contributed by atoms with Crippen molar-refractivity contribution in [3.8, 4) is 0 Å². The van der Waals surface area contributed by atoms with Gasteiger partial charge >= 0.3 is 0 Å². The Morgan fingerprint density at radius 1 is 1.18 bits per heavy atom.